The average Bonchev–Trinajstić information content (AvgIpc) is 2.59. The quantitative estimate of drug-likeness (QED) is 0.276. The molecule has 7 heteroatoms. The average molecular weight is 524 g/mol. The molecule has 1 saturated heterocycles. The van der Waals surface area contributed by atoms with Gasteiger partial charge in [0, 0.05) is 24.1 Å². The van der Waals surface area contributed by atoms with Gasteiger partial charge in [-0.2, -0.15) is 0 Å². The van der Waals surface area contributed by atoms with E-state index < -0.39 is 0 Å². The minimum absolute atomic E-state index is 0. The lowest BCUT2D eigenvalue weighted by Crippen LogP contribution is -2.46. The monoisotopic (exact) mass is 523 g/mol. The van der Waals surface area contributed by atoms with Crippen LogP contribution in [0.1, 0.15) is 32.3 Å². The number of nitrogens with one attached hydrogen (secondary N) is 1. The summed E-state index contributed by atoms with van der Waals surface area (Å²) < 4.78 is 6.20. The van der Waals surface area contributed by atoms with Gasteiger partial charge in [-0.15, -0.1) is 24.0 Å². The zero-order valence-corrected chi connectivity index (χ0v) is 18.7. The largest absolute Gasteiger partial charge is 0.466 e. The summed E-state index contributed by atoms with van der Waals surface area (Å²) in [6.07, 6.45) is 1.64. The molecule has 0 spiro atoms. The third kappa shape index (κ3) is 7.13. The summed E-state index contributed by atoms with van der Waals surface area (Å²) in [6, 6.07) is 8.19. The lowest BCUT2D eigenvalue weighted by atomic mass is 9.97. The van der Waals surface area contributed by atoms with Gasteiger partial charge in [-0.1, -0.05) is 28.1 Å². The Bertz CT molecular complexity index is 575. The molecular weight excluding hydrogens is 497 g/mol. The number of carbonyl (C=O) groups is 1. The van der Waals surface area contributed by atoms with Gasteiger partial charge >= 0.3 is 5.97 Å². The Morgan fingerprint density at radius 3 is 2.68 bits per heavy atom. The number of guanidine groups is 1. The van der Waals surface area contributed by atoms with Gasteiger partial charge in [0.25, 0.3) is 0 Å². The van der Waals surface area contributed by atoms with Gasteiger partial charge in [0.05, 0.1) is 19.1 Å². The first-order chi connectivity index (χ1) is 11.6. The maximum absolute atomic E-state index is 11.9. The number of hydrogen-bond donors (Lipinski definition) is 1. The number of hydrogen-bond acceptors (Lipinski definition) is 3. The van der Waals surface area contributed by atoms with Crippen LogP contribution in [0.25, 0.3) is 0 Å². The highest BCUT2D eigenvalue weighted by atomic mass is 127. The van der Waals surface area contributed by atoms with Gasteiger partial charge in [0.1, 0.15) is 0 Å². The van der Waals surface area contributed by atoms with Crippen LogP contribution in [-0.4, -0.2) is 43.1 Å². The standard InChI is InChI=1S/C18H26BrN3O2.HI/c1-3-20-18(21-13-14-6-5-7-16(19)12-14)22-10-8-15(9-11-22)17(23)24-4-2;/h5-7,12,15H,3-4,8-11,13H2,1-2H3,(H,20,21);1H. The van der Waals surface area contributed by atoms with E-state index in [1.807, 2.05) is 19.1 Å². The van der Waals surface area contributed by atoms with Crippen LogP contribution in [0.4, 0.5) is 0 Å². The molecule has 140 valence electrons. The van der Waals surface area contributed by atoms with Crippen LogP contribution in [-0.2, 0) is 16.1 Å². The molecule has 0 bridgehead atoms. The molecule has 1 fully saturated rings. The van der Waals surface area contributed by atoms with Gasteiger partial charge in [-0.25, -0.2) is 4.99 Å². The Morgan fingerprint density at radius 2 is 2.08 bits per heavy atom. The molecule has 2 rings (SSSR count). The fourth-order valence-electron chi connectivity index (χ4n) is 2.81. The van der Waals surface area contributed by atoms with E-state index in [9.17, 15) is 4.79 Å². The zero-order chi connectivity index (χ0) is 17.4. The number of nitrogens with zero attached hydrogens (tertiary/aromatic N) is 2. The van der Waals surface area contributed by atoms with Crippen LogP contribution in [0.2, 0.25) is 0 Å². The van der Waals surface area contributed by atoms with Crippen LogP contribution in [0.3, 0.4) is 0 Å². The number of piperidine rings is 1. The summed E-state index contributed by atoms with van der Waals surface area (Å²) in [4.78, 5) is 18.8. The number of aliphatic imine (C=N–C) groups is 1. The van der Waals surface area contributed by atoms with Crippen molar-refractivity contribution in [2.75, 3.05) is 26.2 Å². The van der Waals surface area contributed by atoms with Crippen molar-refractivity contribution in [1.82, 2.24) is 10.2 Å². The predicted octanol–water partition coefficient (Wildman–Crippen LogP) is 3.81. The molecule has 1 aliphatic rings. The number of rotatable bonds is 5. The van der Waals surface area contributed by atoms with Crippen LogP contribution in [0.5, 0.6) is 0 Å². The Kier molecular flexibility index (Phi) is 10.4. The van der Waals surface area contributed by atoms with E-state index in [4.69, 9.17) is 9.73 Å². The molecule has 0 aromatic heterocycles. The molecule has 1 aromatic carbocycles. The highest BCUT2D eigenvalue weighted by Gasteiger charge is 2.27. The van der Waals surface area contributed by atoms with Crippen LogP contribution >= 0.6 is 39.9 Å². The molecular formula is C18H27BrIN3O2. The maximum Gasteiger partial charge on any atom is 0.309 e. The summed E-state index contributed by atoms with van der Waals surface area (Å²) in [6.45, 7) is 7.50. The molecule has 1 aromatic rings. The van der Waals surface area contributed by atoms with Gasteiger partial charge in [0.15, 0.2) is 5.96 Å². The van der Waals surface area contributed by atoms with Gasteiger partial charge < -0.3 is 15.0 Å². The van der Waals surface area contributed by atoms with E-state index in [-0.39, 0.29) is 35.9 Å². The lowest BCUT2D eigenvalue weighted by molar-refractivity contribution is -0.149. The van der Waals surface area contributed by atoms with Gasteiger partial charge in [-0.05, 0) is 44.4 Å². The molecule has 1 heterocycles. The lowest BCUT2D eigenvalue weighted by Gasteiger charge is -2.33. The first kappa shape index (κ1) is 22.2. The molecule has 1 N–H and O–H groups in total. The summed E-state index contributed by atoms with van der Waals surface area (Å²) in [5, 5.41) is 3.35. The number of benzene rings is 1. The normalized spacial score (nSPS) is 15.5. The van der Waals surface area contributed by atoms with Crippen molar-refractivity contribution in [1.29, 1.82) is 0 Å². The highest BCUT2D eigenvalue weighted by Crippen LogP contribution is 2.19. The highest BCUT2D eigenvalue weighted by molar-refractivity contribution is 14.0. The first-order valence-corrected chi connectivity index (χ1v) is 9.37. The van der Waals surface area contributed by atoms with Crippen LogP contribution in [0, 0.1) is 5.92 Å². The zero-order valence-electron chi connectivity index (χ0n) is 14.8. The Labute approximate surface area is 175 Å². The third-order valence-corrected chi connectivity index (χ3v) is 4.54. The number of ether oxygens (including phenoxy) is 1. The van der Waals surface area contributed by atoms with E-state index in [0.717, 1.165) is 42.9 Å². The number of halogens is 2. The summed E-state index contributed by atoms with van der Waals surface area (Å²) in [7, 11) is 0. The molecule has 5 nitrogen and oxygen atoms in total. The van der Waals surface area contributed by atoms with Crippen molar-refractivity contribution >= 4 is 51.8 Å². The molecule has 0 unspecified atom stereocenters. The molecule has 1 aliphatic heterocycles. The SMILES string of the molecule is CCNC(=NCc1cccc(Br)c1)N1CCC(C(=O)OCC)CC1.I. The van der Waals surface area contributed by atoms with Crippen molar-refractivity contribution in [2.45, 2.75) is 33.2 Å². The molecule has 0 saturated carbocycles. The maximum atomic E-state index is 11.9. The summed E-state index contributed by atoms with van der Waals surface area (Å²) >= 11 is 3.49. The number of carbonyl (C=O) groups excluding carboxylic acids is 1. The molecule has 25 heavy (non-hydrogen) atoms. The van der Waals surface area contributed by atoms with Crippen LogP contribution in [0.15, 0.2) is 33.7 Å². The van der Waals surface area contributed by atoms with Crippen molar-refractivity contribution < 1.29 is 9.53 Å². The molecule has 0 amide bonds. The second-order valence-electron chi connectivity index (χ2n) is 5.81. The summed E-state index contributed by atoms with van der Waals surface area (Å²) in [5.74, 6) is 0.877. The van der Waals surface area contributed by atoms with E-state index in [1.54, 1.807) is 0 Å². The number of esters is 1. The first-order valence-electron chi connectivity index (χ1n) is 8.58. The van der Waals surface area contributed by atoms with E-state index in [2.05, 4.69) is 45.2 Å². The smallest absolute Gasteiger partial charge is 0.309 e. The van der Waals surface area contributed by atoms with Crippen LogP contribution < -0.4 is 5.32 Å². The van der Waals surface area contributed by atoms with Crippen molar-refractivity contribution in [3.63, 3.8) is 0 Å². The van der Waals surface area contributed by atoms with E-state index in [1.165, 1.54) is 5.56 Å². The predicted molar refractivity (Wildman–Crippen MR) is 115 cm³/mol. The molecule has 0 atom stereocenters. The fraction of sp³-hybridized carbons (Fsp3) is 0.556. The Balaban J connectivity index is 0.00000312. The second kappa shape index (κ2) is 11.7. The van der Waals surface area contributed by atoms with Crippen molar-refractivity contribution in [3.05, 3.63) is 34.3 Å². The molecule has 0 radical (unpaired) electrons. The second-order valence-corrected chi connectivity index (χ2v) is 6.73. The Morgan fingerprint density at radius 1 is 1.36 bits per heavy atom. The van der Waals surface area contributed by atoms with E-state index >= 15 is 0 Å². The van der Waals surface area contributed by atoms with Gasteiger partial charge in [0.2, 0.25) is 0 Å². The number of likely N-dealkylation sites (tertiary alicyclic amines) is 1. The minimum Gasteiger partial charge on any atom is -0.466 e. The van der Waals surface area contributed by atoms with E-state index in [0.29, 0.717) is 13.2 Å². The third-order valence-electron chi connectivity index (χ3n) is 4.05. The summed E-state index contributed by atoms with van der Waals surface area (Å²) in [5.41, 5.74) is 1.17. The topological polar surface area (TPSA) is 53.9 Å². The Hall–Kier alpha value is -0.830. The van der Waals surface area contributed by atoms with Crippen molar-refractivity contribution in [3.8, 4) is 0 Å². The van der Waals surface area contributed by atoms with Crippen molar-refractivity contribution in [2.24, 2.45) is 10.9 Å². The minimum atomic E-state index is -0.0618. The fourth-order valence-corrected chi connectivity index (χ4v) is 3.26. The van der Waals surface area contributed by atoms with Gasteiger partial charge in [-0.3, -0.25) is 4.79 Å². The molecule has 0 aliphatic carbocycles.